The molecule has 0 spiro atoms. The maximum atomic E-state index is 12.6. The van der Waals surface area contributed by atoms with Crippen molar-refractivity contribution in [1.82, 2.24) is 5.32 Å². The van der Waals surface area contributed by atoms with Gasteiger partial charge in [-0.3, -0.25) is 14.4 Å². The molecule has 2 aliphatic heterocycles. The number of carboxylic acids is 1. The van der Waals surface area contributed by atoms with Crippen LogP contribution in [0.25, 0.3) is 0 Å². The number of anilines is 2. The zero-order valence-electron chi connectivity index (χ0n) is 24.4. The van der Waals surface area contributed by atoms with Crippen LogP contribution in [0.2, 0.25) is 6.32 Å². The van der Waals surface area contributed by atoms with Crippen molar-refractivity contribution in [2.24, 2.45) is 11.7 Å². The number of ether oxygens (including phenoxy) is 1. The van der Waals surface area contributed by atoms with Crippen molar-refractivity contribution in [3.63, 3.8) is 0 Å². The van der Waals surface area contributed by atoms with E-state index in [4.69, 9.17) is 19.8 Å². The molecule has 4 N–H and O–H groups in total. The average Bonchev–Trinajstić information content (AvgIpc) is 3.21. The van der Waals surface area contributed by atoms with Crippen molar-refractivity contribution >= 4 is 30.6 Å². The highest BCUT2D eigenvalue weighted by molar-refractivity contribution is 6.45. The molecule has 1 amide bonds. The van der Waals surface area contributed by atoms with Crippen LogP contribution >= 0.6 is 0 Å². The summed E-state index contributed by atoms with van der Waals surface area (Å²) >= 11 is 0. The Bertz CT molecular complexity index is 1140. The lowest BCUT2D eigenvalue weighted by atomic mass is 9.78. The molecule has 12 nitrogen and oxygen atoms in total. The Morgan fingerprint density at radius 2 is 1.77 bits per heavy atom. The summed E-state index contributed by atoms with van der Waals surface area (Å²) in [5, 5.41) is 12.6. The third kappa shape index (κ3) is 6.41. The van der Waals surface area contributed by atoms with Crippen LogP contribution in [-0.2, 0) is 18.8 Å². The first-order valence-corrected chi connectivity index (χ1v) is 13.4. The smallest absolute Gasteiger partial charge is 0.457 e. The molecule has 2 fully saturated rings. The summed E-state index contributed by atoms with van der Waals surface area (Å²) in [4.78, 5) is 52.4. The number of likely N-dealkylation sites (N-methyl/N-ethyl adjacent to an activating group) is 1. The molecular weight excluding hydrogens is 507 g/mol. The van der Waals surface area contributed by atoms with E-state index in [1.54, 1.807) is 37.6 Å². The third-order valence-electron chi connectivity index (χ3n) is 7.99. The lowest BCUT2D eigenvalue weighted by Crippen LogP contribution is -2.55. The molecule has 39 heavy (non-hydrogen) atoms. The van der Waals surface area contributed by atoms with Crippen molar-refractivity contribution in [3.8, 4) is 0 Å². The molecule has 2 heterocycles. The quantitative estimate of drug-likeness (QED) is 0.285. The summed E-state index contributed by atoms with van der Waals surface area (Å²) < 4.78 is 17.3. The van der Waals surface area contributed by atoms with Crippen LogP contribution in [-0.4, -0.2) is 79.9 Å². The van der Waals surface area contributed by atoms with Gasteiger partial charge >= 0.3 is 19.2 Å². The molecule has 2 saturated heterocycles. The Morgan fingerprint density at radius 3 is 2.31 bits per heavy atom. The van der Waals surface area contributed by atoms with E-state index in [1.807, 2.05) is 27.7 Å². The molecule has 0 radical (unpaired) electrons. The molecule has 0 bridgehead atoms. The number of amides is 1. The van der Waals surface area contributed by atoms with Crippen LogP contribution in [0.1, 0.15) is 61.3 Å². The van der Waals surface area contributed by atoms with Gasteiger partial charge in [-0.15, -0.1) is 0 Å². The van der Waals surface area contributed by atoms with Crippen molar-refractivity contribution in [3.05, 3.63) is 20.4 Å². The summed E-state index contributed by atoms with van der Waals surface area (Å²) in [6, 6.07) is 0. The van der Waals surface area contributed by atoms with E-state index in [0.717, 1.165) is 0 Å². The molecule has 13 heteroatoms. The largest absolute Gasteiger partial charge is 0.480 e. The van der Waals surface area contributed by atoms with Crippen molar-refractivity contribution in [1.29, 1.82) is 0 Å². The monoisotopic (exact) mass is 550 g/mol. The number of carbonyl (C=O) groups is 2. The van der Waals surface area contributed by atoms with Gasteiger partial charge in [-0.2, -0.15) is 0 Å². The first-order chi connectivity index (χ1) is 17.8. The molecule has 0 unspecified atom stereocenters. The summed E-state index contributed by atoms with van der Waals surface area (Å²) in [6.45, 7) is 13.7. The van der Waals surface area contributed by atoms with E-state index < -0.39 is 58.3 Å². The maximum Gasteiger partial charge on any atom is 0.457 e. The van der Waals surface area contributed by atoms with Gasteiger partial charge in [0, 0.05) is 39.1 Å². The van der Waals surface area contributed by atoms with Crippen molar-refractivity contribution in [2.75, 3.05) is 43.0 Å². The lowest BCUT2D eigenvalue weighted by molar-refractivity contribution is -0.144. The number of carboxylic acid groups (broad SMARTS) is 1. The first-order valence-electron chi connectivity index (χ1n) is 13.4. The van der Waals surface area contributed by atoms with E-state index in [1.165, 1.54) is 0 Å². The summed E-state index contributed by atoms with van der Waals surface area (Å²) in [5.74, 6) is -1.60. The number of carbonyl (C=O) groups excluding carboxylic acids is 1. The number of alkyl carbamates (subject to hydrolysis) is 1. The average molecular weight is 550 g/mol. The minimum Gasteiger partial charge on any atom is -0.480 e. The van der Waals surface area contributed by atoms with Gasteiger partial charge in [0.15, 0.2) is 0 Å². The molecule has 218 valence electrons. The highest BCUT2D eigenvalue weighted by Crippen LogP contribution is 2.39. The van der Waals surface area contributed by atoms with Gasteiger partial charge in [0.2, 0.25) is 0 Å². The third-order valence-corrected chi connectivity index (χ3v) is 7.99. The summed E-state index contributed by atoms with van der Waals surface area (Å²) in [6.07, 6.45) is 1.11. The van der Waals surface area contributed by atoms with Gasteiger partial charge in [0.1, 0.15) is 22.5 Å². The van der Waals surface area contributed by atoms with Gasteiger partial charge in [-0.1, -0.05) is 6.42 Å². The standard InChI is InChI=1S/C26H43BN4O8/c1-23(2,3)37-22(36)29-12-13-30(8)17-18(20(33)19(17)32)31-14-16(26(28,15-31)21(34)35)10-9-11-27-38-24(4,5)25(6,7)39-27/h16H,9-15,28H2,1-8H3,(H,29,36)(H,34,35)/t16-,26-/m0/s1. The van der Waals surface area contributed by atoms with Crippen LogP contribution in [0.3, 0.4) is 0 Å². The zero-order valence-corrected chi connectivity index (χ0v) is 24.4. The Kier molecular flexibility index (Phi) is 8.51. The number of hydrogen-bond acceptors (Lipinski definition) is 10. The molecule has 0 aliphatic carbocycles. The fourth-order valence-corrected chi connectivity index (χ4v) is 5.08. The Morgan fingerprint density at radius 1 is 1.18 bits per heavy atom. The number of rotatable bonds is 10. The Balaban J connectivity index is 1.64. The van der Waals surface area contributed by atoms with E-state index in [9.17, 15) is 24.3 Å². The second-order valence-electron chi connectivity index (χ2n) is 12.7. The molecule has 0 aromatic heterocycles. The molecule has 1 aromatic rings. The van der Waals surface area contributed by atoms with Crippen molar-refractivity contribution in [2.45, 2.75) is 90.0 Å². The fourth-order valence-electron chi connectivity index (χ4n) is 5.08. The second-order valence-corrected chi connectivity index (χ2v) is 12.7. The molecule has 3 rings (SSSR count). The molecule has 2 aliphatic rings. The highest BCUT2D eigenvalue weighted by Gasteiger charge is 2.53. The fraction of sp³-hybridized carbons (Fsp3) is 0.769. The van der Waals surface area contributed by atoms with Crippen LogP contribution in [0.4, 0.5) is 16.2 Å². The predicted molar refractivity (Wildman–Crippen MR) is 149 cm³/mol. The van der Waals surface area contributed by atoms with Gasteiger partial charge < -0.3 is 40.0 Å². The molecule has 0 saturated carbocycles. The molecule has 1 aromatic carbocycles. The van der Waals surface area contributed by atoms with Gasteiger partial charge in [0.25, 0.3) is 10.9 Å². The SMILES string of the molecule is CN(CCNC(=O)OC(C)(C)C)c1c(N2C[C@H](CCCB3OC(C)(C)C(C)(C)O3)[C@](N)(C(=O)O)C2)c(=O)c1=O. The van der Waals surface area contributed by atoms with E-state index >= 15 is 0 Å². The lowest BCUT2D eigenvalue weighted by Gasteiger charge is -2.32. The number of nitrogens with zero attached hydrogens (tertiary/aromatic N) is 2. The highest BCUT2D eigenvalue weighted by atomic mass is 16.7. The first kappa shape index (κ1) is 30.9. The zero-order chi connectivity index (χ0) is 29.6. The topological polar surface area (TPSA) is 161 Å². The van der Waals surface area contributed by atoms with Crippen LogP contribution < -0.4 is 31.7 Å². The minimum absolute atomic E-state index is 0.0919. The van der Waals surface area contributed by atoms with E-state index in [-0.39, 0.29) is 37.6 Å². The Hall–Kier alpha value is -2.64. The van der Waals surface area contributed by atoms with Gasteiger partial charge in [-0.05, 0) is 61.2 Å². The normalized spacial score (nSPS) is 24.3. The van der Waals surface area contributed by atoms with Crippen LogP contribution in [0.5, 0.6) is 0 Å². The number of nitrogens with one attached hydrogen (secondary N) is 1. The predicted octanol–water partition coefficient (Wildman–Crippen LogP) is 1.33. The van der Waals surface area contributed by atoms with Crippen LogP contribution in [0, 0.1) is 5.92 Å². The van der Waals surface area contributed by atoms with Gasteiger partial charge in [-0.25, -0.2) is 4.79 Å². The molecule has 2 atom stereocenters. The molecular formula is C26H43BN4O8. The summed E-state index contributed by atoms with van der Waals surface area (Å²) in [5.41, 5.74) is 2.33. The van der Waals surface area contributed by atoms with E-state index in [2.05, 4.69) is 5.32 Å². The summed E-state index contributed by atoms with van der Waals surface area (Å²) in [7, 11) is 1.24. The minimum atomic E-state index is -1.58. The van der Waals surface area contributed by atoms with Gasteiger partial charge in [0.05, 0.1) is 11.2 Å². The second kappa shape index (κ2) is 10.7. The van der Waals surface area contributed by atoms with Crippen molar-refractivity contribution < 1.29 is 28.7 Å². The van der Waals surface area contributed by atoms with E-state index in [0.29, 0.717) is 19.2 Å². The Labute approximate surface area is 230 Å². The number of nitrogens with two attached hydrogens (primary N) is 1. The number of hydrogen-bond donors (Lipinski definition) is 3. The number of aliphatic carboxylic acids is 1. The van der Waals surface area contributed by atoms with Crippen LogP contribution in [0.15, 0.2) is 9.59 Å². The maximum absolute atomic E-state index is 12.6.